The van der Waals surface area contributed by atoms with Gasteiger partial charge in [0.25, 0.3) is 0 Å². The number of ether oxygens (including phenoxy) is 2. The van der Waals surface area contributed by atoms with Gasteiger partial charge in [-0.25, -0.2) is 9.97 Å². The first-order valence-corrected chi connectivity index (χ1v) is 4.98. The number of halogens is 1. The van der Waals surface area contributed by atoms with Gasteiger partial charge in [0.1, 0.15) is 12.1 Å². The third kappa shape index (κ3) is 4.08. The highest BCUT2D eigenvalue weighted by Crippen LogP contribution is 2.09. The lowest BCUT2D eigenvalue weighted by molar-refractivity contribution is 0.190. The molecule has 0 fully saturated rings. The van der Waals surface area contributed by atoms with Crippen LogP contribution in [0.3, 0.4) is 0 Å². The Hall–Kier alpha value is -1.27. The number of nitrogens with zero attached hydrogens (tertiary/aromatic N) is 3. The number of methoxy groups -OCH3 is 2. The minimum Gasteiger partial charge on any atom is -0.383 e. The van der Waals surface area contributed by atoms with Gasteiger partial charge in [0.05, 0.1) is 13.2 Å². The van der Waals surface area contributed by atoms with Gasteiger partial charge >= 0.3 is 0 Å². The van der Waals surface area contributed by atoms with E-state index in [2.05, 4.69) is 9.97 Å². The Bertz CT molecular complexity index is 304. The van der Waals surface area contributed by atoms with Crippen molar-refractivity contribution >= 4 is 5.82 Å². The minimum atomic E-state index is -0.537. The molecule has 1 rings (SSSR count). The summed E-state index contributed by atoms with van der Waals surface area (Å²) in [5.41, 5.74) is 0. The van der Waals surface area contributed by atoms with Crippen molar-refractivity contribution < 1.29 is 13.9 Å². The van der Waals surface area contributed by atoms with Crippen molar-refractivity contribution in [2.24, 2.45) is 0 Å². The van der Waals surface area contributed by atoms with E-state index in [1.165, 1.54) is 12.4 Å². The molecule has 1 heterocycles. The molecule has 16 heavy (non-hydrogen) atoms. The van der Waals surface area contributed by atoms with Gasteiger partial charge in [-0.3, -0.25) is 0 Å². The molecular formula is C10H16FN3O2. The Kier molecular flexibility index (Phi) is 5.66. The summed E-state index contributed by atoms with van der Waals surface area (Å²) in [6.07, 6.45) is 1.21. The number of hydrogen-bond acceptors (Lipinski definition) is 5. The van der Waals surface area contributed by atoms with Gasteiger partial charge in [0, 0.05) is 33.4 Å². The van der Waals surface area contributed by atoms with Crippen LogP contribution in [0.5, 0.6) is 0 Å². The molecule has 0 saturated heterocycles. The molecule has 0 spiro atoms. The molecule has 0 amide bonds. The Morgan fingerprint density at radius 1 is 1.19 bits per heavy atom. The summed E-state index contributed by atoms with van der Waals surface area (Å²) in [6.45, 7) is 2.37. The number of rotatable bonds is 7. The van der Waals surface area contributed by atoms with Crippen molar-refractivity contribution in [2.45, 2.75) is 0 Å². The highest BCUT2D eigenvalue weighted by molar-refractivity contribution is 5.36. The SMILES string of the molecule is COCCN(CCOC)c1cc(F)ncn1. The predicted octanol–water partition coefficient (Wildman–Crippen LogP) is 0.715. The Labute approximate surface area is 94.2 Å². The van der Waals surface area contributed by atoms with Gasteiger partial charge in [-0.05, 0) is 0 Å². The summed E-state index contributed by atoms with van der Waals surface area (Å²) < 4.78 is 22.9. The van der Waals surface area contributed by atoms with Gasteiger partial charge in [-0.2, -0.15) is 4.39 Å². The smallest absolute Gasteiger partial charge is 0.218 e. The molecular weight excluding hydrogens is 213 g/mol. The molecule has 0 aliphatic carbocycles. The van der Waals surface area contributed by atoms with E-state index in [9.17, 15) is 4.39 Å². The predicted molar refractivity (Wildman–Crippen MR) is 58.0 cm³/mol. The van der Waals surface area contributed by atoms with Crippen molar-refractivity contribution in [2.75, 3.05) is 45.4 Å². The maximum absolute atomic E-state index is 12.9. The molecule has 0 aromatic carbocycles. The standard InChI is InChI=1S/C10H16FN3O2/c1-15-5-3-14(4-6-16-2)10-7-9(11)12-8-13-10/h7-8H,3-6H2,1-2H3. The zero-order valence-corrected chi connectivity index (χ0v) is 9.52. The lowest BCUT2D eigenvalue weighted by Gasteiger charge is -2.22. The molecule has 1 aromatic rings. The number of aromatic nitrogens is 2. The van der Waals surface area contributed by atoms with E-state index in [0.717, 1.165) is 0 Å². The molecule has 90 valence electrons. The van der Waals surface area contributed by atoms with Gasteiger partial charge in [0.2, 0.25) is 5.95 Å². The van der Waals surface area contributed by atoms with Crippen molar-refractivity contribution in [1.82, 2.24) is 9.97 Å². The van der Waals surface area contributed by atoms with E-state index in [1.807, 2.05) is 4.90 Å². The third-order valence-corrected chi connectivity index (χ3v) is 2.07. The third-order valence-electron chi connectivity index (χ3n) is 2.07. The fourth-order valence-corrected chi connectivity index (χ4v) is 1.24. The lowest BCUT2D eigenvalue weighted by atomic mass is 10.4. The second-order valence-corrected chi connectivity index (χ2v) is 3.17. The van der Waals surface area contributed by atoms with E-state index >= 15 is 0 Å². The summed E-state index contributed by atoms with van der Waals surface area (Å²) >= 11 is 0. The zero-order chi connectivity index (χ0) is 11.8. The molecule has 0 aliphatic rings. The largest absolute Gasteiger partial charge is 0.383 e. The van der Waals surface area contributed by atoms with Crippen LogP contribution in [0.15, 0.2) is 12.4 Å². The van der Waals surface area contributed by atoms with Crippen LogP contribution >= 0.6 is 0 Å². The Balaban J connectivity index is 2.66. The van der Waals surface area contributed by atoms with Gasteiger partial charge in [-0.15, -0.1) is 0 Å². The maximum Gasteiger partial charge on any atom is 0.218 e. The van der Waals surface area contributed by atoms with Crippen LogP contribution in [0, 0.1) is 5.95 Å². The van der Waals surface area contributed by atoms with Crippen molar-refractivity contribution in [3.63, 3.8) is 0 Å². The van der Waals surface area contributed by atoms with Crippen LogP contribution in [0.1, 0.15) is 0 Å². The molecule has 0 radical (unpaired) electrons. The topological polar surface area (TPSA) is 47.5 Å². The second kappa shape index (κ2) is 7.08. The molecule has 6 heteroatoms. The van der Waals surface area contributed by atoms with Crippen LogP contribution in [0.4, 0.5) is 10.2 Å². The highest BCUT2D eigenvalue weighted by Gasteiger charge is 2.08. The van der Waals surface area contributed by atoms with Crippen LogP contribution in [-0.4, -0.2) is 50.5 Å². The summed E-state index contributed by atoms with van der Waals surface area (Å²) in [4.78, 5) is 9.31. The Morgan fingerprint density at radius 3 is 2.31 bits per heavy atom. The maximum atomic E-state index is 12.9. The molecule has 0 atom stereocenters. The number of hydrogen-bond donors (Lipinski definition) is 0. The summed E-state index contributed by atoms with van der Waals surface area (Å²) in [5.74, 6) is 0.00596. The van der Waals surface area contributed by atoms with E-state index < -0.39 is 5.95 Å². The zero-order valence-electron chi connectivity index (χ0n) is 9.52. The lowest BCUT2D eigenvalue weighted by Crippen LogP contribution is -2.31. The first-order valence-electron chi connectivity index (χ1n) is 4.98. The van der Waals surface area contributed by atoms with Crippen molar-refractivity contribution in [3.8, 4) is 0 Å². The van der Waals surface area contributed by atoms with Crippen LogP contribution in [0.25, 0.3) is 0 Å². The van der Waals surface area contributed by atoms with Gasteiger partial charge in [0.15, 0.2) is 0 Å². The van der Waals surface area contributed by atoms with E-state index in [1.54, 1.807) is 14.2 Å². The summed E-state index contributed by atoms with van der Waals surface area (Å²) in [7, 11) is 3.24. The van der Waals surface area contributed by atoms with E-state index in [-0.39, 0.29) is 0 Å². The average Bonchev–Trinajstić information content (AvgIpc) is 2.29. The summed E-state index contributed by atoms with van der Waals surface area (Å²) in [6, 6.07) is 1.30. The minimum absolute atomic E-state index is 0.537. The molecule has 1 aromatic heterocycles. The van der Waals surface area contributed by atoms with E-state index in [4.69, 9.17) is 9.47 Å². The summed E-state index contributed by atoms with van der Waals surface area (Å²) in [5, 5.41) is 0. The van der Waals surface area contributed by atoms with Crippen LogP contribution in [0.2, 0.25) is 0 Å². The Morgan fingerprint density at radius 2 is 1.81 bits per heavy atom. The highest BCUT2D eigenvalue weighted by atomic mass is 19.1. The molecule has 0 N–H and O–H groups in total. The van der Waals surface area contributed by atoms with Gasteiger partial charge < -0.3 is 14.4 Å². The normalized spacial score (nSPS) is 10.4. The van der Waals surface area contributed by atoms with Gasteiger partial charge in [-0.1, -0.05) is 0 Å². The molecule has 0 saturated carbocycles. The quantitative estimate of drug-likeness (QED) is 0.645. The molecule has 5 nitrogen and oxygen atoms in total. The van der Waals surface area contributed by atoms with Crippen LogP contribution < -0.4 is 4.90 Å². The van der Waals surface area contributed by atoms with Crippen molar-refractivity contribution in [1.29, 1.82) is 0 Å². The van der Waals surface area contributed by atoms with Crippen LogP contribution in [-0.2, 0) is 9.47 Å². The number of anilines is 1. The van der Waals surface area contributed by atoms with E-state index in [0.29, 0.717) is 32.1 Å². The van der Waals surface area contributed by atoms with Crippen molar-refractivity contribution in [3.05, 3.63) is 18.3 Å². The molecule has 0 aliphatic heterocycles. The fraction of sp³-hybridized carbons (Fsp3) is 0.600. The molecule has 0 unspecified atom stereocenters. The first kappa shape index (κ1) is 12.8. The first-order chi connectivity index (χ1) is 7.77. The monoisotopic (exact) mass is 229 g/mol. The fourth-order valence-electron chi connectivity index (χ4n) is 1.24. The average molecular weight is 229 g/mol. The second-order valence-electron chi connectivity index (χ2n) is 3.17. The molecule has 0 bridgehead atoms.